The number of hydrogen-bond acceptors (Lipinski definition) is 0. The Balaban J connectivity index is 1.85. The molecule has 1 heteroatoms. The van der Waals surface area contributed by atoms with Crippen LogP contribution in [0.5, 0.6) is 0 Å². The van der Waals surface area contributed by atoms with Crippen molar-refractivity contribution in [2.75, 3.05) is 0 Å². The van der Waals surface area contributed by atoms with Crippen LogP contribution in [0.3, 0.4) is 0 Å². The SMILES string of the molecule is c1ccc(C2=[Si]=C(c3ccccc3)C(c3ccccc3)=C2c2ccccc2)cc1. The lowest BCUT2D eigenvalue weighted by Crippen LogP contribution is -2.05. The summed E-state index contributed by atoms with van der Waals surface area (Å²) in [5, 5.41) is 2.85. The van der Waals surface area contributed by atoms with Crippen LogP contribution in [0.2, 0.25) is 0 Å². The van der Waals surface area contributed by atoms with E-state index in [4.69, 9.17) is 0 Å². The van der Waals surface area contributed by atoms with Gasteiger partial charge in [-0.1, -0.05) is 121 Å². The quantitative estimate of drug-likeness (QED) is 0.393. The van der Waals surface area contributed by atoms with E-state index in [-0.39, 0.29) is 0 Å². The Hall–Kier alpha value is -3.42. The second-order valence-electron chi connectivity index (χ2n) is 7.09. The van der Waals surface area contributed by atoms with Gasteiger partial charge in [-0.15, -0.1) is 0 Å². The number of rotatable bonds is 4. The molecule has 0 saturated heterocycles. The Morgan fingerprint density at radius 3 is 0.897 bits per heavy atom. The molecule has 0 radical (unpaired) electrons. The molecular formula is C28H20Si. The third-order valence-corrected chi connectivity index (χ3v) is 6.83. The largest absolute Gasteiger partial charge is 0.0622 e. The summed E-state index contributed by atoms with van der Waals surface area (Å²) in [5.41, 5.74) is 7.90. The van der Waals surface area contributed by atoms with Gasteiger partial charge in [-0.25, -0.2) is 0 Å². The van der Waals surface area contributed by atoms with Crippen molar-refractivity contribution >= 4 is 30.2 Å². The lowest BCUT2D eigenvalue weighted by Gasteiger charge is -2.16. The molecule has 1 aliphatic rings. The minimum absolute atomic E-state index is 0.617. The summed E-state index contributed by atoms with van der Waals surface area (Å²) in [6.45, 7) is 0. The van der Waals surface area contributed by atoms with Crippen molar-refractivity contribution in [1.29, 1.82) is 0 Å². The summed E-state index contributed by atoms with van der Waals surface area (Å²) in [5.74, 6) is 0. The van der Waals surface area contributed by atoms with Crippen molar-refractivity contribution < 1.29 is 0 Å². The maximum atomic E-state index is 2.24. The number of benzene rings is 4. The van der Waals surface area contributed by atoms with Crippen molar-refractivity contribution in [2.24, 2.45) is 0 Å². The monoisotopic (exact) mass is 384 g/mol. The fraction of sp³-hybridized carbons (Fsp3) is 0. The molecule has 5 rings (SSSR count). The van der Waals surface area contributed by atoms with E-state index >= 15 is 0 Å². The normalized spacial score (nSPS) is 13.2. The van der Waals surface area contributed by atoms with Crippen LogP contribution in [0.4, 0.5) is 0 Å². The summed E-state index contributed by atoms with van der Waals surface area (Å²) < 4.78 is 0. The molecular weight excluding hydrogens is 364 g/mol. The molecule has 0 nitrogen and oxygen atoms in total. The molecule has 0 bridgehead atoms. The molecule has 0 aromatic heterocycles. The highest BCUT2D eigenvalue weighted by molar-refractivity contribution is 6.89. The van der Waals surface area contributed by atoms with Gasteiger partial charge in [0.2, 0.25) is 0 Å². The van der Waals surface area contributed by atoms with E-state index < -0.39 is 0 Å². The van der Waals surface area contributed by atoms with E-state index in [0.717, 1.165) is 0 Å². The molecule has 136 valence electrons. The van der Waals surface area contributed by atoms with E-state index in [1.54, 1.807) is 0 Å². The molecule has 0 aliphatic carbocycles. The van der Waals surface area contributed by atoms with Gasteiger partial charge in [-0.2, -0.15) is 0 Å². The van der Waals surface area contributed by atoms with Gasteiger partial charge in [-0.05, 0) is 31.0 Å². The molecule has 29 heavy (non-hydrogen) atoms. The summed E-state index contributed by atoms with van der Waals surface area (Å²) in [6.07, 6.45) is 0. The minimum atomic E-state index is 0.617. The minimum Gasteiger partial charge on any atom is -0.0622 e. The van der Waals surface area contributed by atoms with Gasteiger partial charge in [0.05, 0.1) is 0 Å². The van der Waals surface area contributed by atoms with Crippen LogP contribution in [-0.4, -0.2) is 19.1 Å². The van der Waals surface area contributed by atoms with Crippen LogP contribution in [0, 0.1) is 0 Å². The summed E-state index contributed by atoms with van der Waals surface area (Å²) in [6, 6.07) is 43.4. The van der Waals surface area contributed by atoms with Gasteiger partial charge in [0.1, 0.15) is 0 Å². The third kappa shape index (κ3) is 3.41. The first kappa shape index (κ1) is 17.7. The molecule has 0 unspecified atom stereocenters. The first-order chi connectivity index (χ1) is 14.4. The fourth-order valence-corrected chi connectivity index (χ4v) is 5.59. The maximum Gasteiger partial charge on any atom is 0.00520 e. The molecule has 0 spiro atoms. The van der Waals surface area contributed by atoms with Gasteiger partial charge in [0.15, 0.2) is 0 Å². The average molecular weight is 385 g/mol. The zero-order chi connectivity index (χ0) is 19.5. The topological polar surface area (TPSA) is 0 Å². The number of hydrogen-bond donors (Lipinski definition) is 0. The van der Waals surface area contributed by atoms with Crippen LogP contribution in [0.25, 0.3) is 11.1 Å². The van der Waals surface area contributed by atoms with Crippen LogP contribution in [-0.2, 0) is 0 Å². The Bertz CT molecular complexity index is 1130. The second kappa shape index (κ2) is 7.90. The van der Waals surface area contributed by atoms with Crippen LogP contribution in [0.15, 0.2) is 121 Å². The van der Waals surface area contributed by atoms with Crippen molar-refractivity contribution in [2.45, 2.75) is 0 Å². The summed E-state index contributed by atoms with van der Waals surface area (Å²) in [7, 11) is 0.617. The maximum absolute atomic E-state index is 2.24. The first-order valence-corrected chi connectivity index (χ1v) is 10.9. The van der Waals surface area contributed by atoms with E-state index in [2.05, 4.69) is 121 Å². The van der Waals surface area contributed by atoms with Gasteiger partial charge >= 0.3 is 0 Å². The van der Waals surface area contributed by atoms with E-state index in [1.165, 1.54) is 43.7 Å². The van der Waals surface area contributed by atoms with Gasteiger partial charge in [0, 0.05) is 21.5 Å². The van der Waals surface area contributed by atoms with E-state index in [9.17, 15) is 0 Å². The highest BCUT2D eigenvalue weighted by Crippen LogP contribution is 2.34. The van der Waals surface area contributed by atoms with E-state index in [0.29, 0.717) is 8.74 Å². The van der Waals surface area contributed by atoms with Crippen molar-refractivity contribution in [3.63, 3.8) is 0 Å². The molecule has 4 aromatic carbocycles. The third-order valence-electron chi connectivity index (χ3n) is 5.25. The highest BCUT2D eigenvalue weighted by atomic mass is 28.1. The Kier molecular flexibility index (Phi) is 4.81. The summed E-state index contributed by atoms with van der Waals surface area (Å²) >= 11 is 0. The zero-order valence-corrected chi connectivity index (χ0v) is 17.0. The second-order valence-corrected chi connectivity index (χ2v) is 8.34. The Morgan fingerprint density at radius 1 is 0.310 bits per heavy atom. The lowest BCUT2D eigenvalue weighted by molar-refractivity contribution is 1.60. The number of allylic oxidation sites excluding steroid dienone is 2. The Labute approximate surface area is 173 Å². The van der Waals surface area contributed by atoms with Crippen LogP contribution < -0.4 is 0 Å². The van der Waals surface area contributed by atoms with E-state index in [1.807, 2.05) is 0 Å². The molecule has 0 saturated carbocycles. The fourth-order valence-electron chi connectivity index (χ4n) is 3.93. The van der Waals surface area contributed by atoms with Crippen molar-refractivity contribution in [3.8, 4) is 0 Å². The molecule has 4 aromatic rings. The summed E-state index contributed by atoms with van der Waals surface area (Å²) in [4.78, 5) is 0. The first-order valence-electron chi connectivity index (χ1n) is 9.89. The standard InChI is InChI=1S/C28H20Si/c1-5-13-21(14-6-1)25-26(22-15-7-2-8-16-22)28(24-19-11-4-12-20-24)29-27(25)23-17-9-3-10-18-23/h1-20H. The highest BCUT2D eigenvalue weighted by Gasteiger charge is 2.25. The molecule has 0 amide bonds. The van der Waals surface area contributed by atoms with Gasteiger partial charge < -0.3 is 0 Å². The molecule has 1 aliphatic heterocycles. The molecule has 0 fully saturated rings. The van der Waals surface area contributed by atoms with Crippen molar-refractivity contribution in [3.05, 3.63) is 144 Å². The van der Waals surface area contributed by atoms with Gasteiger partial charge in [0.25, 0.3) is 0 Å². The zero-order valence-electron chi connectivity index (χ0n) is 16.0. The molecule has 1 heterocycles. The predicted molar refractivity (Wildman–Crippen MR) is 127 cm³/mol. The lowest BCUT2D eigenvalue weighted by atomic mass is 9.87. The average Bonchev–Trinajstić information content (AvgIpc) is 3.22. The van der Waals surface area contributed by atoms with Gasteiger partial charge in [-0.3, -0.25) is 0 Å². The molecule has 0 atom stereocenters. The predicted octanol–water partition coefficient (Wildman–Crippen LogP) is 5.76. The van der Waals surface area contributed by atoms with Crippen LogP contribution in [0.1, 0.15) is 22.3 Å². The smallest absolute Gasteiger partial charge is 0.00520 e. The Morgan fingerprint density at radius 2 is 0.586 bits per heavy atom. The van der Waals surface area contributed by atoms with Crippen LogP contribution >= 0.6 is 0 Å². The molecule has 0 N–H and O–H groups in total. The van der Waals surface area contributed by atoms with Crippen molar-refractivity contribution in [1.82, 2.24) is 0 Å².